The molecule has 2 N–H and O–H groups in total. The summed E-state index contributed by atoms with van der Waals surface area (Å²) in [7, 11) is 0. The van der Waals surface area contributed by atoms with Crippen LogP contribution in [0.5, 0.6) is 0 Å². The molecule has 0 bridgehead atoms. The third kappa shape index (κ3) is 3.71. The van der Waals surface area contributed by atoms with Gasteiger partial charge in [-0.3, -0.25) is 0 Å². The molecule has 0 aliphatic heterocycles. The molecule has 0 atom stereocenters. The molecule has 0 aliphatic rings. The number of fused-ring (bicyclic) bond motifs is 1. The van der Waals surface area contributed by atoms with Crippen LogP contribution in [0.2, 0.25) is 0 Å². The van der Waals surface area contributed by atoms with Gasteiger partial charge in [-0.05, 0) is 23.8 Å². The van der Waals surface area contributed by atoms with Crippen LogP contribution in [0.1, 0.15) is 20.3 Å². The van der Waals surface area contributed by atoms with Crippen molar-refractivity contribution in [2.75, 3.05) is 11.9 Å². The second-order valence-corrected chi connectivity index (χ2v) is 5.09. The molecule has 19 heavy (non-hydrogen) atoms. The molecule has 2 amide bonds. The molecule has 0 fully saturated rings. The van der Waals surface area contributed by atoms with Gasteiger partial charge in [0.15, 0.2) is 0 Å². The predicted octanol–water partition coefficient (Wildman–Crippen LogP) is 4.01. The number of carbonyl (C=O) groups is 1. The Labute approximate surface area is 114 Å². The first-order chi connectivity index (χ1) is 9.16. The highest BCUT2D eigenvalue weighted by atomic mass is 16.2. The van der Waals surface area contributed by atoms with Crippen LogP contribution < -0.4 is 10.6 Å². The lowest BCUT2D eigenvalue weighted by Crippen LogP contribution is -2.30. The summed E-state index contributed by atoms with van der Waals surface area (Å²) in [4.78, 5) is 11.8. The smallest absolute Gasteiger partial charge is 0.319 e. The van der Waals surface area contributed by atoms with Gasteiger partial charge in [0, 0.05) is 11.9 Å². The zero-order valence-corrected chi connectivity index (χ0v) is 11.4. The molecule has 0 saturated heterocycles. The van der Waals surface area contributed by atoms with Crippen LogP contribution in [0.25, 0.3) is 10.8 Å². The molecule has 0 spiro atoms. The first-order valence-corrected chi connectivity index (χ1v) is 6.69. The molecule has 0 aliphatic carbocycles. The number of urea groups is 1. The maximum absolute atomic E-state index is 11.8. The van der Waals surface area contributed by atoms with Crippen LogP contribution in [0.15, 0.2) is 42.5 Å². The minimum Gasteiger partial charge on any atom is -0.338 e. The van der Waals surface area contributed by atoms with Crippen LogP contribution in [0, 0.1) is 5.92 Å². The molecule has 2 rings (SSSR count). The summed E-state index contributed by atoms with van der Waals surface area (Å²) < 4.78 is 0. The predicted molar refractivity (Wildman–Crippen MR) is 80.4 cm³/mol. The third-order valence-electron chi connectivity index (χ3n) is 3.05. The highest BCUT2D eigenvalue weighted by Gasteiger charge is 2.04. The molecule has 3 heteroatoms. The van der Waals surface area contributed by atoms with Crippen molar-refractivity contribution < 1.29 is 4.79 Å². The van der Waals surface area contributed by atoms with Crippen LogP contribution in [0.3, 0.4) is 0 Å². The van der Waals surface area contributed by atoms with E-state index < -0.39 is 0 Å². The molecule has 0 radical (unpaired) electrons. The lowest BCUT2D eigenvalue weighted by Gasteiger charge is -2.10. The van der Waals surface area contributed by atoms with E-state index in [1.807, 2.05) is 42.5 Å². The van der Waals surface area contributed by atoms with Gasteiger partial charge in [0.1, 0.15) is 0 Å². The van der Waals surface area contributed by atoms with Crippen molar-refractivity contribution in [1.82, 2.24) is 5.32 Å². The van der Waals surface area contributed by atoms with Crippen molar-refractivity contribution in [1.29, 1.82) is 0 Å². The van der Waals surface area contributed by atoms with E-state index in [0.29, 0.717) is 12.5 Å². The number of amides is 2. The molecule has 100 valence electrons. The molecule has 3 nitrogen and oxygen atoms in total. The molecular formula is C16H20N2O. The van der Waals surface area contributed by atoms with Crippen molar-refractivity contribution in [2.45, 2.75) is 20.3 Å². The van der Waals surface area contributed by atoms with Crippen LogP contribution in [-0.4, -0.2) is 12.6 Å². The Bertz CT molecular complexity index is 558. The van der Waals surface area contributed by atoms with Gasteiger partial charge in [0.05, 0.1) is 5.69 Å². The Morgan fingerprint density at radius 2 is 1.84 bits per heavy atom. The topological polar surface area (TPSA) is 41.1 Å². The molecule has 0 heterocycles. The van der Waals surface area contributed by atoms with Crippen LogP contribution >= 0.6 is 0 Å². The summed E-state index contributed by atoms with van der Waals surface area (Å²) in [5, 5.41) is 7.97. The normalized spacial score (nSPS) is 10.7. The van der Waals surface area contributed by atoms with E-state index in [9.17, 15) is 4.79 Å². The second kappa shape index (κ2) is 6.23. The van der Waals surface area contributed by atoms with Gasteiger partial charge in [0.2, 0.25) is 0 Å². The van der Waals surface area contributed by atoms with Crippen molar-refractivity contribution in [3.8, 4) is 0 Å². The standard InChI is InChI=1S/C16H20N2O/c1-12(2)10-11-17-16(19)18-15-9-5-7-13-6-3-4-8-14(13)15/h3-9,12H,10-11H2,1-2H3,(H2,17,18,19). The fourth-order valence-electron chi connectivity index (χ4n) is 1.98. The molecule has 2 aromatic carbocycles. The van der Waals surface area contributed by atoms with E-state index in [4.69, 9.17) is 0 Å². The summed E-state index contributed by atoms with van der Waals surface area (Å²) in [5.74, 6) is 0.595. The van der Waals surface area contributed by atoms with Gasteiger partial charge in [-0.15, -0.1) is 0 Å². The van der Waals surface area contributed by atoms with Crippen molar-refractivity contribution in [2.24, 2.45) is 5.92 Å². The Kier molecular flexibility index (Phi) is 4.39. The minimum atomic E-state index is -0.142. The Balaban J connectivity index is 2.03. The van der Waals surface area contributed by atoms with Gasteiger partial charge in [-0.1, -0.05) is 50.2 Å². The Morgan fingerprint density at radius 3 is 2.63 bits per heavy atom. The molecule has 0 unspecified atom stereocenters. The summed E-state index contributed by atoms with van der Waals surface area (Å²) in [5.41, 5.74) is 0.847. The van der Waals surface area contributed by atoms with Crippen LogP contribution in [-0.2, 0) is 0 Å². The van der Waals surface area contributed by atoms with E-state index in [2.05, 4.69) is 24.5 Å². The zero-order valence-electron chi connectivity index (χ0n) is 11.4. The first kappa shape index (κ1) is 13.4. The second-order valence-electron chi connectivity index (χ2n) is 5.09. The lowest BCUT2D eigenvalue weighted by atomic mass is 10.1. The number of rotatable bonds is 4. The average Bonchev–Trinajstić information content (AvgIpc) is 2.39. The van der Waals surface area contributed by atoms with E-state index >= 15 is 0 Å². The first-order valence-electron chi connectivity index (χ1n) is 6.69. The van der Waals surface area contributed by atoms with Gasteiger partial charge in [-0.2, -0.15) is 0 Å². The maximum Gasteiger partial charge on any atom is 0.319 e. The van der Waals surface area contributed by atoms with E-state index in [-0.39, 0.29) is 6.03 Å². The highest BCUT2D eigenvalue weighted by molar-refractivity contribution is 6.01. The largest absolute Gasteiger partial charge is 0.338 e. The van der Waals surface area contributed by atoms with Crippen LogP contribution in [0.4, 0.5) is 10.5 Å². The number of hydrogen-bond donors (Lipinski definition) is 2. The van der Waals surface area contributed by atoms with E-state index in [1.165, 1.54) is 0 Å². The number of anilines is 1. The molecular weight excluding hydrogens is 236 g/mol. The van der Waals surface area contributed by atoms with Gasteiger partial charge in [0.25, 0.3) is 0 Å². The van der Waals surface area contributed by atoms with Gasteiger partial charge >= 0.3 is 6.03 Å². The minimum absolute atomic E-state index is 0.142. The molecule has 2 aromatic rings. The fraction of sp³-hybridized carbons (Fsp3) is 0.312. The molecule has 0 saturated carbocycles. The number of hydrogen-bond acceptors (Lipinski definition) is 1. The lowest BCUT2D eigenvalue weighted by molar-refractivity contribution is 0.251. The number of nitrogens with one attached hydrogen (secondary N) is 2. The van der Waals surface area contributed by atoms with E-state index in [0.717, 1.165) is 22.9 Å². The zero-order chi connectivity index (χ0) is 13.7. The Morgan fingerprint density at radius 1 is 1.11 bits per heavy atom. The van der Waals surface area contributed by atoms with Gasteiger partial charge < -0.3 is 10.6 Å². The monoisotopic (exact) mass is 256 g/mol. The third-order valence-corrected chi connectivity index (χ3v) is 3.05. The average molecular weight is 256 g/mol. The van der Waals surface area contributed by atoms with Crippen molar-refractivity contribution in [3.63, 3.8) is 0 Å². The quantitative estimate of drug-likeness (QED) is 0.852. The maximum atomic E-state index is 11.8. The van der Waals surface area contributed by atoms with E-state index in [1.54, 1.807) is 0 Å². The van der Waals surface area contributed by atoms with Crippen molar-refractivity contribution in [3.05, 3.63) is 42.5 Å². The number of benzene rings is 2. The SMILES string of the molecule is CC(C)CCNC(=O)Nc1cccc2ccccc12. The summed E-state index contributed by atoms with van der Waals surface area (Å²) in [6.07, 6.45) is 0.989. The fourth-order valence-corrected chi connectivity index (χ4v) is 1.98. The summed E-state index contributed by atoms with van der Waals surface area (Å²) >= 11 is 0. The summed E-state index contributed by atoms with van der Waals surface area (Å²) in [6.45, 7) is 4.99. The molecule has 0 aromatic heterocycles. The van der Waals surface area contributed by atoms with Crippen molar-refractivity contribution >= 4 is 22.5 Å². The Hall–Kier alpha value is -2.03. The summed E-state index contributed by atoms with van der Waals surface area (Å²) in [6, 6.07) is 13.8. The van der Waals surface area contributed by atoms with Gasteiger partial charge in [-0.25, -0.2) is 4.79 Å². The number of carbonyl (C=O) groups excluding carboxylic acids is 1. The highest BCUT2D eigenvalue weighted by Crippen LogP contribution is 2.22.